The van der Waals surface area contributed by atoms with E-state index in [9.17, 15) is 27.6 Å². The summed E-state index contributed by atoms with van der Waals surface area (Å²) in [5.41, 5.74) is -0.983. The predicted molar refractivity (Wildman–Crippen MR) is 67.6 cm³/mol. The quantitative estimate of drug-likeness (QED) is 0.545. The first-order valence-electron chi connectivity index (χ1n) is 6.55. The van der Waals surface area contributed by atoms with Gasteiger partial charge in [-0.15, -0.1) is 0 Å². The highest BCUT2D eigenvalue weighted by Crippen LogP contribution is 2.36. The van der Waals surface area contributed by atoms with Crippen molar-refractivity contribution in [1.29, 1.82) is 0 Å². The molecule has 0 aromatic carbocycles. The number of amides is 2. The zero-order valence-corrected chi connectivity index (χ0v) is 12.7. The van der Waals surface area contributed by atoms with E-state index >= 15 is 0 Å². The van der Waals surface area contributed by atoms with Gasteiger partial charge in [-0.1, -0.05) is 0 Å². The van der Waals surface area contributed by atoms with E-state index in [4.69, 9.17) is 4.74 Å². The predicted octanol–water partition coefficient (Wildman–Crippen LogP) is 2.12. The van der Waals surface area contributed by atoms with Crippen LogP contribution < -0.4 is 0 Å². The minimum Gasteiger partial charge on any atom is -0.468 e. The number of imide groups is 1. The third kappa shape index (κ3) is 4.35. The number of piperidine rings is 1. The largest absolute Gasteiger partial charge is 0.468 e. The molecule has 0 bridgehead atoms. The van der Waals surface area contributed by atoms with Gasteiger partial charge < -0.3 is 9.47 Å². The van der Waals surface area contributed by atoms with Gasteiger partial charge >= 0.3 is 18.2 Å². The van der Waals surface area contributed by atoms with E-state index in [-0.39, 0.29) is 0 Å². The van der Waals surface area contributed by atoms with Crippen LogP contribution in [0.2, 0.25) is 0 Å². The molecule has 22 heavy (non-hydrogen) atoms. The number of likely N-dealkylation sites (tertiary alicyclic amines) is 1. The Morgan fingerprint density at radius 3 is 2.18 bits per heavy atom. The van der Waals surface area contributed by atoms with Gasteiger partial charge in [-0.25, -0.2) is 9.69 Å². The highest BCUT2D eigenvalue weighted by molar-refractivity contribution is 6.04. The van der Waals surface area contributed by atoms with Gasteiger partial charge in [0.1, 0.15) is 11.5 Å². The van der Waals surface area contributed by atoms with Crippen molar-refractivity contribution in [3.63, 3.8) is 0 Å². The van der Waals surface area contributed by atoms with Crippen LogP contribution in [0.25, 0.3) is 0 Å². The summed E-state index contributed by atoms with van der Waals surface area (Å²) < 4.78 is 48.1. The first-order valence-corrected chi connectivity index (χ1v) is 6.55. The Morgan fingerprint density at radius 1 is 1.23 bits per heavy atom. The fourth-order valence-electron chi connectivity index (χ4n) is 2.02. The number of carbonyl (C=O) groups is 3. The van der Waals surface area contributed by atoms with Crippen LogP contribution in [0.1, 0.15) is 27.2 Å². The van der Waals surface area contributed by atoms with Crippen molar-refractivity contribution < 1.29 is 37.0 Å². The van der Waals surface area contributed by atoms with Crippen molar-refractivity contribution in [2.45, 2.75) is 39.0 Å². The Kier molecular flexibility index (Phi) is 5.09. The lowest BCUT2D eigenvalue weighted by molar-refractivity contribution is -0.195. The third-order valence-corrected chi connectivity index (χ3v) is 3.05. The number of halogens is 3. The average Bonchev–Trinajstić information content (AvgIpc) is 2.34. The smallest absolute Gasteiger partial charge is 0.417 e. The molecule has 0 N–H and O–H groups in total. The van der Waals surface area contributed by atoms with Crippen LogP contribution in [0.4, 0.5) is 18.0 Å². The van der Waals surface area contributed by atoms with E-state index in [0.717, 1.165) is 7.11 Å². The second kappa shape index (κ2) is 6.13. The molecule has 2 amide bonds. The number of methoxy groups -OCH3 is 1. The molecule has 6 nitrogen and oxygen atoms in total. The Balaban J connectivity index is 3.06. The molecule has 2 atom stereocenters. The fraction of sp³-hybridized carbons (Fsp3) is 0.769. The molecule has 1 aliphatic heterocycles. The maximum Gasteiger partial charge on any atom is 0.417 e. The minimum absolute atomic E-state index is 0.328. The number of esters is 1. The molecule has 0 radical (unpaired) electrons. The van der Waals surface area contributed by atoms with Crippen molar-refractivity contribution in [3.8, 4) is 0 Å². The molecule has 1 rings (SSSR count). The van der Waals surface area contributed by atoms with E-state index in [0.29, 0.717) is 4.90 Å². The second-order valence-electron chi connectivity index (χ2n) is 5.98. The zero-order chi connectivity index (χ0) is 17.3. The lowest BCUT2D eigenvalue weighted by Gasteiger charge is -2.36. The molecule has 1 heterocycles. The SMILES string of the molecule is COC(=O)[C@@H]1C[C@@H](C(F)(F)F)CN(C(=O)OC(C)(C)C)C1=O. The van der Waals surface area contributed by atoms with Gasteiger partial charge in [-0.3, -0.25) is 9.59 Å². The van der Waals surface area contributed by atoms with Gasteiger partial charge in [-0.2, -0.15) is 13.2 Å². The lowest BCUT2D eigenvalue weighted by Crippen LogP contribution is -2.54. The summed E-state index contributed by atoms with van der Waals surface area (Å²) in [6.45, 7) is 3.67. The molecular weight excluding hydrogens is 307 g/mol. The van der Waals surface area contributed by atoms with Gasteiger partial charge in [-0.05, 0) is 27.2 Å². The molecule has 1 aliphatic rings. The summed E-state index contributed by atoms with van der Waals surface area (Å²) in [7, 11) is 0.963. The summed E-state index contributed by atoms with van der Waals surface area (Å²) in [5.74, 6) is -5.81. The normalized spacial score (nSPS) is 23.2. The molecular formula is C13H18F3NO5. The molecule has 0 aromatic rings. The molecule has 9 heteroatoms. The Morgan fingerprint density at radius 2 is 1.77 bits per heavy atom. The molecule has 1 saturated heterocycles. The van der Waals surface area contributed by atoms with Gasteiger partial charge in [0.15, 0.2) is 0 Å². The van der Waals surface area contributed by atoms with Crippen LogP contribution in [-0.2, 0) is 19.1 Å². The zero-order valence-electron chi connectivity index (χ0n) is 12.7. The Labute approximate surface area is 125 Å². The topological polar surface area (TPSA) is 72.9 Å². The molecule has 0 unspecified atom stereocenters. The summed E-state index contributed by atoms with van der Waals surface area (Å²) >= 11 is 0. The summed E-state index contributed by atoms with van der Waals surface area (Å²) in [5, 5.41) is 0. The summed E-state index contributed by atoms with van der Waals surface area (Å²) in [6.07, 6.45) is -6.60. The first kappa shape index (κ1) is 18.2. The molecule has 0 saturated carbocycles. The monoisotopic (exact) mass is 325 g/mol. The van der Waals surface area contributed by atoms with Crippen LogP contribution in [0, 0.1) is 11.8 Å². The second-order valence-corrected chi connectivity index (χ2v) is 5.98. The van der Waals surface area contributed by atoms with Crippen molar-refractivity contribution in [3.05, 3.63) is 0 Å². The highest BCUT2D eigenvalue weighted by atomic mass is 19.4. The Bertz CT molecular complexity index is 469. The molecule has 0 aromatic heterocycles. The number of carbonyl (C=O) groups excluding carboxylic acids is 3. The molecule has 0 spiro atoms. The summed E-state index contributed by atoms with van der Waals surface area (Å²) in [6, 6.07) is 0. The van der Waals surface area contributed by atoms with Crippen LogP contribution in [0.3, 0.4) is 0 Å². The standard InChI is InChI=1S/C13H18F3NO5/c1-12(2,3)22-11(20)17-6-7(13(14,15)16)5-8(9(17)18)10(19)21-4/h7-8H,5-6H2,1-4H3/t7-,8-/m1/s1. The number of ether oxygens (including phenoxy) is 2. The molecule has 0 aliphatic carbocycles. The van der Waals surface area contributed by atoms with Gasteiger partial charge in [0.25, 0.3) is 0 Å². The van der Waals surface area contributed by atoms with Crippen LogP contribution in [0.5, 0.6) is 0 Å². The number of alkyl halides is 3. The minimum atomic E-state index is -4.65. The number of rotatable bonds is 1. The highest BCUT2D eigenvalue weighted by Gasteiger charge is 2.52. The van der Waals surface area contributed by atoms with Crippen LogP contribution in [0.15, 0.2) is 0 Å². The van der Waals surface area contributed by atoms with Crippen LogP contribution >= 0.6 is 0 Å². The third-order valence-electron chi connectivity index (χ3n) is 3.05. The van der Waals surface area contributed by atoms with E-state index in [1.807, 2.05) is 0 Å². The molecule has 1 fully saturated rings. The van der Waals surface area contributed by atoms with Gasteiger partial charge in [0.2, 0.25) is 5.91 Å². The molecule has 126 valence electrons. The van der Waals surface area contributed by atoms with Crippen LogP contribution in [-0.4, -0.2) is 48.3 Å². The average molecular weight is 325 g/mol. The van der Waals surface area contributed by atoms with Crippen molar-refractivity contribution in [2.75, 3.05) is 13.7 Å². The number of nitrogens with zero attached hydrogens (tertiary/aromatic N) is 1. The van der Waals surface area contributed by atoms with E-state index in [2.05, 4.69) is 4.74 Å². The Hall–Kier alpha value is -1.80. The number of hydrogen-bond acceptors (Lipinski definition) is 5. The van der Waals surface area contributed by atoms with E-state index in [1.54, 1.807) is 0 Å². The maximum atomic E-state index is 12.9. The summed E-state index contributed by atoms with van der Waals surface area (Å²) in [4.78, 5) is 35.8. The van der Waals surface area contributed by atoms with Crippen molar-refractivity contribution in [2.24, 2.45) is 11.8 Å². The van der Waals surface area contributed by atoms with Gasteiger partial charge in [0, 0.05) is 6.54 Å². The maximum absolute atomic E-state index is 12.9. The number of hydrogen-bond donors (Lipinski definition) is 0. The fourth-order valence-corrected chi connectivity index (χ4v) is 2.02. The van der Waals surface area contributed by atoms with Crippen molar-refractivity contribution >= 4 is 18.0 Å². The lowest BCUT2D eigenvalue weighted by atomic mass is 9.88. The van der Waals surface area contributed by atoms with E-state index in [1.165, 1.54) is 20.8 Å². The van der Waals surface area contributed by atoms with Gasteiger partial charge in [0.05, 0.1) is 13.0 Å². The van der Waals surface area contributed by atoms with Crippen molar-refractivity contribution in [1.82, 2.24) is 4.90 Å². The first-order chi connectivity index (χ1) is 9.86. The van der Waals surface area contributed by atoms with E-state index < -0.39 is 54.5 Å².